The van der Waals surface area contributed by atoms with Crippen LogP contribution >= 0.6 is 22.9 Å². The highest BCUT2D eigenvalue weighted by atomic mass is 35.5. The molecule has 0 amide bonds. The number of halogens is 1. The summed E-state index contributed by atoms with van der Waals surface area (Å²) in [6, 6.07) is 21.4. The van der Waals surface area contributed by atoms with Crippen LogP contribution < -0.4 is 5.63 Å². The zero-order valence-corrected chi connectivity index (χ0v) is 16.5. The van der Waals surface area contributed by atoms with Crippen LogP contribution in [0.4, 0.5) is 0 Å². The van der Waals surface area contributed by atoms with Crippen LogP contribution in [0.3, 0.4) is 0 Å². The Labute approximate surface area is 169 Å². The van der Waals surface area contributed by atoms with Gasteiger partial charge in [0.05, 0.1) is 15.8 Å². The van der Waals surface area contributed by atoms with Crippen molar-refractivity contribution in [3.8, 4) is 21.7 Å². The Morgan fingerprint density at radius 3 is 2.54 bits per heavy atom. The molecule has 3 nitrogen and oxygen atoms in total. The molecule has 5 aromatic rings. The number of aromatic nitrogens is 1. The third-order valence-corrected chi connectivity index (χ3v) is 6.14. The second-order valence-corrected chi connectivity index (χ2v) is 8.03. The molecule has 5 rings (SSSR count). The summed E-state index contributed by atoms with van der Waals surface area (Å²) in [6.45, 7) is 1.79. The van der Waals surface area contributed by atoms with E-state index in [0.29, 0.717) is 16.2 Å². The lowest BCUT2D eigenvalue weighted by Crippen LogP contribution is -2.06. The van der Waals surface area contributed by atoms with E-state index < -0.39 is 0 Å². The van der Waals surface area contributed by atoms with Crippen LogP contribution in [0.1, 0.15) is 5.56 Å². The highest BCUT2D eigenvalue weighted by molar-refractivity contribution is 7.21. The molecule has 0 fully saturated rings. The Morgan fingerprint density at radius 2 is 1.75 bits per heavy atom. The number of fused-ring (bicyclic) bond motifs is 2. The van der Waals surface area contributed by atoms with Crippen LogP contribution in [0, 0.1) is 6.92 Å². The van der Waals surface area contributed by atoms with Crippen LogP contribution in [0.2, 0.25) is 5.02 Å². The summed E-state index contributed by atoms with van der Waals surface area (Å²) in [6.07, 6.45) is 0. The topological polar surface area (TPSA) is 43.1 Å². The molecule has 0 N–H and O–H groups in total. The molecule has 28 heavy (non-hydrogen) atoms. The van der Waals surface area contributed by atoms with Crippen LogP contribution in [0.25, 0.3) is 42.9 Å². The van der Waals surface area contributed by atoms with Crippen molar-refractivity contribution < 1.29 is 4.42 Å². The number of thiazole rings is 1. The molecule has 0 spiro atoms. The molecular weight excluding hydrogens is 390 g/mol. The number of rotatable bonds is 2. The van der Waals surface area contributed by atoms with Crippen LogP contribution in [0.5, 0.6) is 0 Å². The van der Waals surface area contributed by atoms with Crippen LogP contribution in [-0.2, 0) is 0 Å². The van der Waals surface area contributed by atoms with Gasteiger partial charge < -0.3 is 4.42 Å². The number of hydrogen-bond acceptors (Lipinski definition) is 4. The summed E-state index contributed by atoms with van der Waals surface area (Å²) < 4.78 is 6.84. The smallest absolute Gasteiger partial charge is 0.339 e. The van der Waals surface area contributed by atoms with Crippen molar-refractivity contribution in [1.82, 2.24) is 4.98 Å². The molecule has 0 aliphatic rings. The van der Waals surface area contributed by atoms with Gasteiger partial charge in [-0.05, 0) is 42.8 Å². The van der Waals surface area contributed by atoms with Gasteiger partial charge in [0.2, 0.25) is 0 Å². The minimum Gasteiger partial charge on any atom is -0.422 e. The Hall–Kier alpha value is -2.95. The molecule has 0 saturated heterocycles. The molecule has 0 unspecified atom stereocenters. The van der Waals surface area contributed by atoms with E-state index in [1.807, 2.05) is 66.7 Å². The van der Waals surface area contributed by atoms with Crippen molar-refractivity contribution in [3.63, 3.8) is 0 Å². The van der Waals surface area contributed by atoms with Crippen molar-refractivity contribution >= 4 is 44.1 Å². The van der Waals surface area contributed by atoms with E-state index in [9.17, 15) is 4.79 Å². The normalized spacial score (nSPS) is 11.4. The molecule has 3 aromatic carbocycles. The molecule has 2 heterocycles. The quantitative estimate of drug-likeness (QED) is 0.308. The summed E-state index contributed by atoms with van der Waals surface area (Å²) >= 11 is 7.63. The molecule has 5 heteroatoms. The number of benzene rings is 3. The second kappa shape index (κ2) is 6.59. The molecular formula is C23H14ClNO2S. The molecule has 136 valence electrons. The van der Waals surface area contributed by atoms with Crippen molar-refractivity contribution in [2.24, 2.45) is 0 Å². The number of hydrogen-bond donors (Lipinski definition) is 0. The highest BCUT2D eigenvalue weighted by Gasteiger charge is 2.18. The van der Waals surface area contributed by atoms with E-state index in [4.69, 9.17) is 21.0 Å². The molecule has 0 radical (unpaired) electrons. The maximum Gasteiger partial charge on any atom is 0.339 e. The van der Waals surface area contributed by atoms with Gasteiger partial charge in [-0.2, -0.15) is 0 Å². The van der Waals surface area contributed by atoms with Gasteiger partial charge in [0.25, 0.3) is 0 Å². The lowest BCUT2D eigenvalue weighted by Gasteiger charge is -2.11. The van der Waals surface area contributed by atoms with E-state index in [0.717, 1.165) is 37.3 Å². The van der Waals surface area contributed by atoms with Crippen molar-refractivity contribution in [2.45, 2.75) is 6.92 Å². The Morgan fingerprint density at radius 1 is 0.964 bits per heavy atom. The summed E-state index contributed by atoms with van der Waals surface area (Å²) in [4.78, 5) is 17.4. The van der Waals surface area contributed by atoms with Gasteiger partial charge in [0, 0.05) is 21.5 Å². The summed E-state index contributed by atoms with van der Waals surface area (Å²) in [5.41, 5.74) is 4.36. The van der Waals surface area contributed by atoms with Gasteiger partial charge in [0.1, 0.15) is 10.6 Å². The van der Waals surface area contributed by atoms with E-state index in [2.05, 4.69) is 0 Å². The van der Waals surface area contributed by atoms with E-state index in [1.54, 1.807) is 18.3 Å². The summed E-state index contributed by atoms with van der Waals surface area (Å²) in [5, 5.41) is 2.38. The van der Waals surface area contributed by atoms with E-state index in [-0.39, 0.29) is 5.63 Å². The maximum atomic E-state index is 12.6. The lowest BCUT2D eigenvalue weighted by atomic mass is 9.96. The Balaban J connectivity index is 1.83. The first-order valence-electron chi connectivity index (χ1n) is 8.80. The first-order chi connectivity index (χ1) is 13.6. The van der Waals surface area contributed by atoms with Crippen LogP contribution in [-0.4, -0.2) is 4.98 Å². The van der Waals surface area contributed by atoms with Crippen molar-refractivity contribution in [1.29, 1.82) is 0 Å². The zero-order chi connectivity index (χ0) is 19.3. The fraction of sp³-hybridized carbons (Fsp3) is 0.0435. The number of nitrogens with zero attached hydrogens (tertiary/aromatic N) is 1. The SMILES string of the molecule is Cc1c(-c2ccc(Cl)cc2)c2cccc(-c3nc4ccccc4s3)c2oc1=O. The molecule has 0 saturated carbocycles. The molecule has 0 aliphatic carbocycles. The third-order valence-electron chi connectivity index (χ3n) is 4.82. The lowest BCUT2D eigenvalue weighted by molar-refractivity contribution is 0.556. The van der Waals surface area contributed by atoms with Gasteiger partial charge >= 0.3 is 5.63 Å². The average Bonchev–Trinajstić information content (AvgIpc) is 3.14. The van der Waals surface area contributed by atoms with Crippen LogP contribution in [0.15, 0.2) is 75.9 Å². The fourth-order valence-corrected chi connectivity index (χ4v) is 4.58. The monoisotopic (exact) mass is 403 g/mol. The van der Waals surface area contributed by atoms with Crippen molar-refractivity contribution in [3.05, 3.63) is 87.7 Å². The Kier molecular flexibility index (Phi) is 4.04. The summed E-state index contributed by atoms with van der Waals surface area (Å²) in [7, 11) is 0. The van der Waals surface area contributed by atoms with E-state index in [1.165, 1.54) is 0 Å². The zero-order valence-electron chi connectivity index (χ0n) is 14.9. The molecule has 2 aromatic heterocycles. The van der Waals surface area contributed by atoms with Gasteiger partial charge in [-0.1, -0.05) is 48.0 Å². The Bertz CT molecular complexity index is 1370. The largest absolute Gasteiger partial charge is 0.422 e. The maximum absolute atomic E-state index is 12.6. The molecule has 0 atom stereocenters. The van der Waals surface area contributed by atoms with E-state index >= 15 is 0 Å². The minimum atomic E-state index is -0.342. The standard InChI is InChI=1S/C23H14ClNO2S/c1-13-20(14-9-11-15(24)12-10-14)16-5-4-6-17(21(16)27-23(13)26)22-25-18-7-2-3-8-19(18)28-22/h2-12H,1H3. The first-order valence-corrected chi connectivity index (χ1v) is 9.99. The average molecular weight is 404 g/mol. The number of para-hydroxylation sites is 2. The fourth-order valence-electron chi connectivity index (χ4n) is 3.46. The van der Waals surface area contributed by atoms with Gasteiger partial charge in [0.15, 0.2) is 0 Å². The van der Waals surface area contributed by atoms with Gasteiger partial charge in [-0.25, -0.2) is 9.78 Å². The van der Waals surface area contributed by atoms with Gasteiger partial charge in [-0.3, -0.25) is 0 Å². The second-order valence-electron chi connectivity index (χ2n) is 6.57. The predicted octanol–water partition coefficient (Wildman–Crippen LogP) is 6.70. The highest BCUT2D eigenvalue weighted by Crippen LogP contribution is 2.38. The summed E-state index contributed by atoms with van der Waals surface area (Å²) in [5.74, 6) is 0. The molecule has 0 aliphatic heterocycles. The molecule has 0 bridgehead atoms. The first kappa shape index (κ1) is 17.2. The minimum absolute atomic E-state index is 0.342. The van der Waals surface area contributed by atoms with Gasteiger partial charge in [-0.15, -0.1) is 11.3 Å². The predicted molar refractivity (Wildman–Crippen MR) is 116 cm³/mol. The third kappa shape index (κ3) is 2.73. The van der Waals surface area contributed by atoms with Crippen molar-refractivity contribution in [2.75, 3.05) is 0 Å².